The predicted molar refractivity (Wildman–Crippen MR) is 111 cm³/mol. The van der Waals surface area contributed by atoms with E-state index in [2.05, 4.69) is 47.4 Å². The van der Waals surface area contributed by atoms with Gasteiger partial charge in [-0.25, -0.2) is 4.99 Å². The molecule has 0 aliphatic carbocycles. The predicted octanol–water partition coefficient (Wildman–Crippen LogP) is 2.34. The number of rotatable bonds is 4. The quantitative estimate of drug-likeness (QED) is 0.364. The van der Waals surface area contributed by atoms with E-state index in [0.29, 0.717) is 0 Å². The molecule has 0 N–H and O–H groups in total. The second kappa shape index (κ2) is 8.08. The molecule has 2 rings (SSSR count). The molecule has 0 aromatic heterocycles. The number of hydrogen-bond donors (Lipinski definition) is 0. The van der Waals surface area contributed by atoms with E-state index in [4.69, 9.17) is 4.99 Å². The third-order valence-electron chi connectivity index (χ3n) is 4.01. The maximum Gasteiger partial charge on any atom is 0.235 e. The van der Waals surface area contributed by atoms with Crippen LogP contribution in [-0.4, -0.2) is 93.2 Å². The van der Waals surface area contributed by atoms with Crippen molar-refractivity contribution < 1.29 is 4.79 Å². The first-order valence-corrected chi connectivity index (χ1v) is 8.66. The maximum atomic E-state index is 4.95. The molecule has 0 spiro atoms. The number of nitrogens with zero attached hydrogens (tertiary/aromatic N) is 6. The van der Waals surface area contributed by atoms with Crippen molar-refractivity contribution in [2.45, 2.75) is 0 Å². The van der Waals surface area contributed by atoms with Crippen LogP contribution in [0.5, 0.6) is 0 Å². The maximum absolute atomic E-state index is 4.95. The van der Waals surface area contributed by atoms with E-state index in [1.54, 1.807) is 0 Å². The third-order valence-corrected chi connectivity index (χ3v) is 4.01. The molecule has 0 bridgehead atoms. The molecule has 0 saturated carbocycles. The van der Waals surface area contributed by atoms with Crippen molar-refractivity contribution in [3.63, 3.8) is 0 Å². The van der Waals surface area contributed by atoms with Gasteiger partial charge in [-0.05, 0) is 22.3 Å². The summed E-state index contributed by atoms with van der Waals surface area (Å²) in [6.07, 6.45) is 2.13. The van der Waals surface area contributed by atoms with Crippen LogP contribution < -0.4 is 0 Å². The van der Waals surface area contributed by atoms with Gasteiger partial charge in [-0.2, -0.15) is 10.0 Å². The zero-order valence-corrected chi connectivity index (χ0v) is 17.2. The molecule has 0 fully saturated rings. The SMILES string of the molecule is CN(C)C(=Nc1cccc2cccc(C=[N+](N(C)C)N(C)C)c12)N(C)C. The van der Waals surface area contributed by atoms with Crippen molar-refractivity contribution in [2.24, 2.45) is 4.99 Å². The van der Waals surface area contributed by atoms with E-state index in [-0.39, 0.29) is 0 Å². The monoisotopic (exact) mass is 355 g/mol. The zero-order valence-electron chi connectivity index (χ0n) is 17.2. The van der Waals surface area contributed by atoms with Gasteiger partial charge in [-0.15, -0.1) is 0 Å². The van der Waals surface area contributed by atoms with Gasteiger partial charge in [0, 0.05) is 33.6 Å². The van der Waals surface area contributed by atoms with Gasteiger partial charge in [0.15, 0.2) is 0 Å². The van der Waals surface area contributed by atoms with Gasteiger partial charge >= 0.3 is 0 Å². The molecular weight excluding hydrogens is 324 g/mol. The van der Waals surface area contributed by atoms with Crippen LogP contribution >= 0.6 is 0 Å². The minimum absolute atomic E-state index is 0.907. The van der Waals surface area contributed by atoms with Crippen molar-refractivity contribution >= 4 is 28.6 Å². The molecule has 2 aromatic carbocycles. The molecule has 0 saturated heterocycles. The first-order valence-electron chi connectivity index (χ1n) is 8.66. The van der Waals surface area contributed by atoms with Crippen molar-refractivity contribution in [2.75, 3.05) is 56.4 Å². The van der Waals surface area contributed by atoms with E-state index < -0.39 is 0 Å². The van der Waals surface area contributed by atoms with Crippen LogP contribution in [0, 0.1) is 0 Å². The Hall–Kier alpha value is -2.76. The topological polar surface area (TPSA) is 28.3 Å². The second-order valence-electron chi connectivity index (χ2n) is 7.07. The van der Waals surface area contributed by atoms with Gasteiger partial charge in [0.05, 0.1) is 39.4 Å². The van der Waals surface area contributed by atoms with Gasteiger partial charge in [0.25, 0.3) is 0 Å². The first-order chi connectivity index (χ1) is 12.2. The smallest absolute Gasteiger partial charge is 0.235 e. The molecule has 140 valence electrons. The number of hydrazine groups is 2. The standard InChI is InChI=1S/C20H31N6/c1-22(2)20(23(3)4)21-18-14-10-12-16-11-9-13-17(19(16)18)15-26(24(5)6)25(7)8/h9-15H,1-8H3/q+1. The summed E-state index contributed by atoms with van der Waals surface area (Å²) in [6.45, 7) is 0. The summed E-state index contributed by atoms with van der Waals surface area (Å²) in [5.74, 6) is 0.907. The Morgan fingerprint density at radius 2 is 1.35 bits per heavy atom. The van der Waals surface area contributed by atoms with E-state index in [1.807, 2.05) is 76.2 Å². The Bertz CT molecular complexity index is 733. The summed E-state index contributed by atoms with van der Waals surface area (Å²) in [5, 5.41) is 6.39. The van der Waals surface area contributed by atoms with Crippen LogP contribution in [0.2, 0.25) is 0 Å². The summed E-state index contributed by atoms with van der Waals surface area (Å²) < 4.78 is 0. The number of fused-ring (bicyclic) bond motifs is 1. The lowest BCUT2D eigenvalue weighted by molar-refractivity contribution is -0.795. The lowest BCUT2D eigenvalue weighted by atomic mass is 10.0. The number of aliphatic imine (C=N–C) groups is 1. The molecule has 6 nitrogen and oxygen atoms in total. The Balaban J connectivity index is 2.75. The zero-order chi connectivity index (χ0) is 19.4. The minimum atomic E-state index is 0.907. The number of guanidine groups is 1. The molecule has 0 atom stereocenters. The van der Waals surface area contributed by atoms with E-state index >= 15 is 0 Å². The average Bonchev–Trinajstić information content (AvgIpc) is 2.56. The fourth-order valence-electron chi connectivity index (χ4n) is 2.97. The molecular formula is C20H31N6+. The highest BCUT2D eigenvalue weighted by Gasteiger charge is 2.14. The molecule has 0 aliphatic heterocycles. The minimum Gasteiger partial charge on any atom is -0.349 e. The van der Waals surface area contributed by atoms with Crippen LogP contribution in [0.3, 0.4) is 0 Å². The largest absolute Gasteiger partial charge is 0.349 e. The highest BCUT2D eigenvalue weighted by molar-refractivity contribution is 6.05. The highest BCUT2D eigenvalue weighted by atomic mass is 15.8. The van der Waals surface area contributed by atoms with Crippen LogP contribution in [-0.2, 0) is 0 Å². The molecule has 0 radical (unpaired) electrons. The highest BCUT2D eigenvalue weighted by Crippen LogP contribution is 2.29. The van der Waals surface area contributed by atoms with Crippen molar-refractivity contribution in [1.29, 1.82) is 0 Å². The van der Waals surface area contributed by atoms with Crippen LogP contribution in [0.15, 0.2) is 41.4 Å². The summed E-state index contributed by atoms with van der Waals surface area (Å²) in [7, 11) is 16.1. The summed E-state index contributed by atoms with van der Waals surface area (Å²) >= 11 is 0. The van der Waals surface area contributed by atoms with Gasteiger partial charge in [0.1, 0.15) is 0 Å². The van der Waals surface area contributed by atoms with E-state index in [1.165, 1.54) is 5.39 Å². The molecule has 0 unspecified atom stereocenters. The lowest BCUT2D eigenvalue weighted by Gasteiger charge is -2.23. The van der Waals surface area contributed by atoms with Gasteiger partial charge in [-0.3, -0.25) is 0 Å². The second-order valence-corrected chi connectivity index (χ2v) is 7.07. The van der Waals surface area contributed by atoms with Gasteiger partial charge < -0.3 is 9.80 Å². The summed E-state index contributed by atoms with van der Waals surface area (Å²) in [6, 6.07) is 12.6. The Labute approximate surface area is 157 Å². The van der Waals surface area contributed by atoms with Crippen LogP contribution in [0.25, 0.3) is 10.8 Å². The molecule has 0 aliphatic rings. The fourth-order valence-corrected chi connectivity index (χ4v) is 2.97. The number of hydrogen-bond acceptors (Lipinski definition) is 3. The van der Waals surface area contributed by atoms with Crippen molar-refractivity contribution in [3.8, 4) is 0 Å². The van der Waals surface area contributed by atoms with E-state index in [0.717, 1.165) is 22.6 Å². The van der Waals surface area contributed by atoms with Crippen LogP contribution in [0.4, 0.5) is 5.69 Å². The van der Waals surface area contributed by atoms with E-state index in [9.17, 15) is 0 Å². The summed E-state index contributed by atoms with van der Waals surface area (Å²) in [4.78, 5) is 11.1. The molecule has 26 heavy (non-hydrogen) atoms. The Morgan fingerprint density at radius 3 is 1.85 bits per heavy atom. The fraction of sp³-hybridized carbons (Fsp3) is 0.400. The van der Waals surface area contributed by atoms with Crippen LogP contribution in [0.1, 0.15) is 5.56 Å². The average molecular weight is 356 g/mol. The number of hydrazone groups is 2. The van der Waals surface area contributed by atoms with Crippen molar-refractivity contribution in [1.82, 2.24) is 19.8 Å². The molecule has 0 heterocycles. The Kier molecular flexibility index (Phi) is 6.08. The molecule has 0 amide bonds. The Morgan fingerprint density at radius 1 is 0.808 bits per heavy atom. The first kappa shape index (κ1) is 19.6. The van der Waals surface area contributed by atoms with Gasteiger partial charge in [0.2, 0.25) is 12.2 Å². The van der Waals surface area contributed by atoms with Gasteiger partial charge in [-0.1, -0.05) is 24.3 Å². The summed E-state index contributed by atoms with van der Waals surface area (Å²) in [5.41, 5.74) is 2.09. The lowest BCUT2D eigenvalue weighted by Crippen LogP contribution is -2.39. The van der Waals surface area contributed by atoms with Crippen molar-refractivity contribution in [3.05, 3.63) is 42.0 Å². The molecule has 6 heteroatoms. The number of benzene rings is 2. The normalized spacial score (nSPS) is 10.3. The third kappa shape index (κ3) is 4.25. The molecule has 2 aromatic rings.